The Balaban J connectivity index is 1.71. The molecule has 4 nitrogen and oxygen atoms in total. The normalized spacial score (nSPS) is 21.7. The molecule has 0 spiro atoms. The van der Waals surface area contributed by atoms with Crippen LogP contribution in [-0.2, 0) is 29.8 Å². The van der Waals surface area contributed by atoms with Gasteiger partial charge in [-0.15, -0.1) is 0 Å². The van der Waals surface area contributed by atoms with Crippen molar-refractivity contribution in [2.45, 2.75) is 82.3 Å². The fourth-order valence-corrected chi connectivity index (χ4v) is 5.83. The van der Waals surface area contributed by atoms with Crippen molar-refractivity contribution in [2.75, 3.05) is 7.11 Å². The Morgan fingerprint density at radius 2 is 1.41 bits per heavy atom. The van der Waals surface area contributed by atoms with Gasteiger partial charge in [-0.25, -0.2) is 4.79 Å². The molecule has 2 unspecified atom stereocenters. The Labute approximate surface area is 230 Å². The molecule has 2 aromatic rings. The number of nitrogens with one attached hydrogen (secondary N) is 1. The topological polar surface area (TPSA) is 41.6 Å². The molecule has 0 radical (unpaired) electrons. The summed E-state index contributed by atoms with van der Waals surface area (Å²) in [6.07, 6.45) is -10.9. The van der Waals surface area contributed by atoms with Crippen LogP contribution in [0.1, 0.15) is 84.6 Å². The molecule has 3 atom stereocenters. The SMILES string of the molecule is COC(c1ccc(C(F)(F)F)cc1CN1C(=O)NC(c2cc(C(F)(F)F)cc(C(F)(F)F)c2)[C@@H]1C)C1CCCCC1. The highest BCUT2D eigenvalue weighted by Gasteiger charge is 2.42. The van der Waals surface area contributed by atoms with E-state index in [1.165, 1.54) is 20.1 Å². The molecular weight excluding hydrogens is 567 g/mol. The van der Waals surface area contributed by atoms with Crippen molar-refractivity contribution in [3.05, 3.63) is 69.8 Å². The van der Waals surface area contributed by atoms with Crippen LogP contribution in [0.25, 0.3) is 0 Å². The summed E-state index contributed by atoms with van der Waals surface area (Å²) in [7, 11) is 1.45. The minimum absolute atomic E-state index is 0.00618. The summed E-state index contributed by atoms with van der Waals surface area (Å²) in [5, 5.41) is 2.42. The molecule has 2 aromatic carbocycles. The number of amides is 2. The highest BCUT2D eigenvalue weighted by Crippen LogP contribution is 2.42. The van der Waals surface area contributed by atoms with E-state index >= 15 is 0 Å². The van der Waals surface area contributed by atoms with Gasteiger partial charge in [0.2, 0.25) is 0 Å². The Morgan fingerprint density at radius 1 is 0.854 bits per heavy atom. The predicted molar refractivity (Wildman–Crippen MR) is 130 cm³/mol. The fourth-order valence-electron chi connectivity index (χ4n) is 5.83. The summed E-state index contributed by atoms with van der Waals surface area (Å²) in [5.74, 6) is 0.0349. The molecule has 1 saturated heterocycles. The third kappa shape index (κ3) is 6.76. The summed E-state index contributed by atoms with van der Waals surface area (Å²) in [4.78, 5) is 14.1. The number of methoxy groups -OCH3 is 1. The van der Waals surface area contributed by atoms with Crippen LogP contribution >= 0.6 is 0 Å². The van der Waals surface area contributed by atoms with Crippen LogP contribution in [0.4, 0.5) is 44.3 Å². The van der Waals surface area contributed by atoms with Gasteiger partial charge in [0.15, 0.2) is 0 Å². The van der Waals surface area contributed by atoms with Gasteiger partial charge in [0.25, 0.3) is 0 Å². The molecule has 226 valence electrons. The van der Waals surface area contributed by atoms with E-state index in [0.29, 0.717) is 17.7 Å². The predicted octanol–water partition coefficient (Wildman–Crippen LogP) is 8.67. The van der Waals surface area contributed by atoms with Gasteiger partial charge in [0.05, 0.1) is 34.9 Å². The van der Waals surface area contributed by atoms with Gasteiger partial charge in [-0.1, -0.05) is 25.3 Å². The summed E-state index contributed by atoms with van der Waals surface area (Å²) >= 11 is 0. The Kier molecular flexibility index (Phi) is 8.60. The first kappa shape index (κ1) is 31.0. The molecule has 1 aliphatic carbocycles. The van der Waals surface area contributed by atoms with Crippen molar-refractivity contribution >= 4 is 6.03 Å². The van der Waals surface area contributed by atoms with Gasteiger partial charge in [-0.3, -0.25) is 0 Å². The van der Waals surface area contributed by atoms with E-state index in [1.807, 2.05) is 0 Å². The molecule has 13 heteroatoms. The van der Waals surface area contributed by atoms with Crippen LogP contribution in [0.2, 0.25) is 0 Å². The number of nitrogens with zero attached hydrogens (tertiary/aromatic N) is 1. The van der Waals surface area contributed by atoms with Crippen LogP contribution in [-0.4, -0.2) is 24.1 Å². The number of halogens is 9. The van der Waals surface area contributed by atoms with Crippen LogP contribution in [0, 0.1) is 5.92 Å². The molecule has 1 heterocycles. The summed E-state index contributed by atoms with van der Waals surface area (Å²) < 4.78 is 127. The molecule has 1 N–H and O–H groups in total. The molecule has 2 fully saturated rings. The van der Waals surface area contributed by atoms with Crippen molar-refractivity contribution < 1.29 is 49.0 Å². The van der Waals surface area contributed by atoms with Gasteiger partial charge in [-0.05, 0) is 72.7 Å². The number of rotatable bonds is 6. The zero-order valence-corrected chi connectivity index (χ0v) is 22.2. The van der Waals surface area contributed by atoms with E-state index in [2.05, 4.69) is 5.32 Å². The number of carbonyl (C=O) groups is 1. The third-order valence-electron chi connectivity index (χ3n) is 7.93. The Bertz CT molecular complexity index is 1220. The second-order valence-corrected chi connectivity index (χ2v) is 10.6. The zero-order valence-electron chi connectivity index (χ0n) is 22.2. The lowest BCUT2D eigenvalue weighted by molar-refractivity contribution is -0.143. The molecule has 41 heavy (non-hydrogen) atoms. The lowest BCUT2D eigenvalue weighted by Crippen LogP contribution is -2.33. The lowest BCUT2D eigenvalue weighted by atomic mass is 9.81. The highest BCUT2D eigenvalue weighted by atomic mass is 19.4. The average molecular weight is 597 g/mol. The van der Waals surface area contributed by atoms with E-state index in [4.69, 9.17) is 4.74 Å². The maximum atomic E-state index is 13.6. The second-order valence-electron chi connectivity index (χ2n) is 10.6. The van der Waals surface area contributed by atoms with Crippen LogP contribution in [0.5, 0.6) is 0 Å². The van der Waals surface area contributed by atoms with Crippen molar-refractivity contribution in [1.82, 2.24) is 10.2 Å². The number of benzene rings is 2. The number of carbonyl (C=O) groups excluding carboxylic acids is 1. The standard InChI is InChI=1S/C28H29F9N2O2/c1-15-23(17-10-20(27(32,33)34)13-21(11-17)28(35,36)37)38-25(40)39(15)14-18-12-19(26(29,30)31)8-9-22(18)24(41-2)16-6-4-3-5-7-16/h8-13,15-16,23-24H,3-7,14H2,1-2H3,(H,38,40)/t15-,23?,24?/m0/s1. The maximum Gasteiger partial charge on any atom is 0.416 e. The van der Waals surface area contributed by atoms with Gasteiger partial charge < -0.3 is 15.0 Å². The summed E-state index contributed by atoms with van der Waals surface area (Å²) in [5.41, 5.74) is -3.84. The smallest absolute Gasteiger partial charge is 0.376 e. The summed E-state index contributed by atoms with van der Waals surface area (Å²) in [6.45, 7) is 1.05. The molecule has 1 saturated carbocycles. The van der Waals surface area contributed by atoms with E-state index in [0.717, 1.165) is 49.1 Å². The van der Waals surface area contributed by atoms with Gasteiger partial charge in [0.1, 0.15) is 0 Å². The quantitative estimate of drug-likeness (QED) is 0.339. The monoisotopic (exact) mass is 596 g/mol. The molecular formula is C28H29F9N2O2. The number of ether oxygens (including phenoxy) is 1. The Hall–Kier alpha value is -2.96. The Morgan fingerprint density at radius 3 is 1.93 bits per heavy atom. The molecule has 2 aliphatic rings. The minimum Gasteiger partial charge on any atom is -0.376 e. The second kappa shape index (κ2) is 11.4. The minimum atomic E-state index is -5.08. The highest BCUT2D eigenvalue weighted by molar-refractivity contribution is 5.78. The van der Waals surface area contributed by atoms with Crippen molar-refractivity contribution in [2.24, 2.45) is 5.92 Å². The van der Waals surface area contributed by atoms with Crippen molar-refractivity contribution in [1.29, 1.82) is 0 Å². The number of urea groups is 1. The summed E-state index contributed by atoms with van der Waals surface area (Å²) in [6, 6.07) is 1.15. The first-order valence-corrected chi connectivity index (χ1v) is 13.1. The fraction of sp³-hybridized carbons (Fsp3) is 0.536. The molecule has 1 aliphatic heterocycles. The van der Waals surface area contributed by atoms with E-state index in [9.17, 15) is 44.3 Å². The van der Waals surface area contributed by atoms with Crippen molar-refractivity contribution in [3.8, 4) is 0 Å². The molecule has 0 bridgehead atoms. The number of hydrogen-bond donors (Lipinski definition) is 1. The van der Waals surface area contributed by atoms with Crippen LogP contribution in [0.3, 0.4) is 0 Å². The first-order valence-electron chi connectivity index (χ1n) is 13.1. The van der Waals surface area contributed by atoms with Gasteiger partial charge in [0, 0.05) is 13.7 Å². The molecule has 2 amide bonds. The van der Waals surface area contributed by atoms with Gasteiger partial charge >= 0.3 is 24.6 Å². The number of hydrogen-bond acceptors (Lipinski definition) is 2. The first-order chi connectivity index (χ1) is 19.0. The van der Waals surface area contributed by atoms with E-state index < -0.39 is 65.0 Å². The van der Waals surface area contributed by atoms with Crippen molar-refractivity contribution in [3.63, 3.8) is 0 Å². The average Bonchev–Trinajstić information content (AvgIpc) is 3.17. The lowest BCUT2D eigenvalue weighted by Gasteiger charge is -2.32. The zero-order chi connectivity index (χ0) is 30.3. The van der Waals surface area contributed by atoms with Gasteiger partial charge in [-0.2, -0.15) is 39.5 Å². The largest absolute Gasteiger partial charge is 0.416 e. The molecule has 0 aromatic heterocycles. The van der Waals surface area contributed by atoms with E-state index in [-0.39, 0.29) is 24.1 Å². The third-order valence-corrected chi connectivity index (χ3v) is 7.93. The van der Waals surface area contributed by atoms with Crippen LogP contribution in [0.15, 0.2) is 36.4 Å². The number of alkyl halides is 9. The van der Waals surface area contributed by atoms with Crippen LogP contribution < -0.4 is 5.32 Å². The van der Waals surface area contributed by atoms with E-state index in [1.54, 1.807) is 0 Å². The molecule has 4 rings (SSSR count). The maximum absolute atomic E-state index is 13.6.